The van der Waals surface area contributed by atoms with Gasteiger partial charge in [0.2, 0.25) is 0 Å². The lowest BCUT2D eigenvalue weighted by molar-refractivity contribution is 0.102. The first kappa shape index (κ1) is 17.7. The Labute approximate surface area is 160 Å². The number of nitrogens with zero attached hydrogens (tertiary/aromatic N) is 5. The minimum absolute atomic E-state index is 0.0420. The van der Waals surface area contributed by atoms with E-state index in [1.807, 2.05) is 6.07 Å². The van der Waals surface area contributed by atoms with Gasteiger partial charge in [0.1, 0.15) is 23.1 Å². The summed E-state index contributed by atoms with van der Waals surface area (Å²) in [4.78, 5) is 21.2. The zero-order chi connectivity index (χ0) is 19.5. The van der Waals surface area contributed by atoms with Crippen molar-refractivity contribution in [3.8, 4) is 11.8 Å². The van der Waals surface area contributed by atoms with E-state index in [-0.39, 0.29) is 23.9 Å². The first-order valence-corrected chi connectivity index (χ1v) is 8.78. The molecule has 4 rings (SSSR count). The molecule has 142 valence electrons. The van der Waals surface area contributed by atoms with E-state index in [9.17, 15) is 4.79 Å². The second-order valence-corrected chi connectivity index (χ2v) is 6.38. The van der Waals surface area contributed by atoms with Gasteiger partial charge in [-0.1, -0.05) is 0 Å². The smallest absolute Gasteiger partial charge is 0.263 e. The van der Waals surface area contributed by atoms with Crippen LogP contribution < -0.4 is 21.1 Å². The van der Waals surface area contributed by atoms with E-state index >= 15 is 0 Å². The number of nitrogen functional groups attached to an aromatic ring is 1. The van der Waals surface area contributed by atoms with Crippen molar-refractivity contribution in [3.05, 3.63) is 42.0 Å². The van der Waals surface area contributed by atoms with Crippen LogP contribution >= 0.6 is 0 Å². The Morgan fingerprint density at radius 2 is 2.39 bits per heavy atom. The molecule has 1 fully saturated rings. The molecule has 0 aliphatic carbocycles. The van der Waals surface area contributed by atoms with Gasteiger partial charge >= 0.3 is 0 Å². The zero-order valence-corrected chi connectivity index (χ0v) is 14.9. The minimum Gasteiger partial charge on any atom is -0.487 e. The third kappa shape index (κ3) is 3.43. The molecule has 1 amide bonds. The van der Waals surface area contributed by atoms with Gasteiger partial charge < -0.3 is 21.1 Å². The molecule has 10 heteroatoms. The summed E-state index contributed by atoms with van der Waals surface area (Å²) in [6.07, 6.45) is 7.42. The summed E-state index contributed by atoms with van der Waals surface area (Å²) in [5.74, 6) is 0.122. The molecule has 1 aliphatic rings. The van der Waals surface area contributed by atoms with Gasteiger partial charge in [0.25, 0.3) is 5.91 Å². The molecule has 4 heterocycles. The summed E-state index contributed by atoms with van der Waals surface area (Å²) in [5.41, 5.74) is 7.53. The molecule has 10 nitrogen and oxygen atoms in total. The predicted molar refractivity (Wildman–Crippen MR) is 101 cm³/mol. The summed E-state index contributed by atoms with van der Waals surface area (Å²) in [7, 11) is 0. The van der Waals surface area contributed by atoms with Crippen molar-refractivity contribution in [3.63, 3.8) is 0 Å². The third-order valence-corrected chi connectivity index (χ3v) is 4.40. The van der Waals surface area contributed by atoms with Gasteiger partial charge in [-0.2, -0.15) is 5.26 Å². The van der Waals surface area contributed by atoms with Crippen LogP contribution in [0, 0.1) is 11.3 Å². The Morgan fingerprint density at radius 3 is 3.18 bits per heavy atom. The molecule has 1 saturated heterocycles. The average molecular weight is 378 g/mol. The van der Waals surface area contributed by atoms with E-state index in [0.717, 1.165) is 19.5 Å². The standard InChI is InChI=1S/C18H18N8O2/c19-4-1-11-7-23-17-15(16(20)25-26(17)10-11)18(27)24-13-9-22-6-3-14(13)28-12-2-5-21-8-12/h3,6-7,9-10,12,21H,1-2,5,8H2,(H2,20,25)(H,24,27). The number of nitriles is 1. The van der Waals surface area contributed by atoms with Gasteiger partial charge in [0.05, 0.1) is 18.7 Å². The Bertz CT molecular complexity index is 1070. The summed E-state index contributed by atoms with van der Waals surface area (Å²) in [6, 6.07) is 3.75. The van der Waals surface area contributed by atoms with E-state index in [4.69, 9.17) is 15.7 Å². The highest BCUT2D eigenvalue weighted by molar-refractivity contribution is 6.11. The Kier molecular flexibility index (Phi) is 4.74. The quantitative estimate of drug-likeness (QED) is 0.590. The van der Waals surface area contributed by atoms with Crippen molar-refractivity contribution < 1.29 is 9.53 Å². The highest BCUT2D eigenvalue weighted by atomic mass is 16.5. The number of nitrogens with two attached hydrogens (primary N) is 1. The molecule has 0 aromatic carbocycles. The Balaban J connectivity index is 1.61. The van der Waals surface area contributed by atoms with Gasteiger partial charge in [-0.05, 0) is 13.0 Å². The molecule has 0 spiro atoms. The number of nitrogens with one attached hydrogen (secondary N) is 2. The molecule has 0 bridgehead atoms. The van der Waals surface area contributed by atoms with Crippen LogP contribution in [0.5, 0.6) is 5.75 Å². The van der Waals surface area contributed by atoms with Crippen molar-refractivity contribution in [2.45, 2.75) is 18.9 Å². The topological polar surface area (TPSA) is 143 Å². The van der Waals surface area contributed by atoms with Crippen LogP contribution in [0.3, 0.4) is 0 Å². The largest absolute Gasteiger partial charge is 0.487 e. The molecule has 1 aliphatic heterocycles. The monoisotopic (exact) mass is 378 g/mol. The SMILES string of the molecule is N#CCc1cnc2c(C(=O)Nc3cnccc3OC3CCNC3)c(N)nn2c1. The van der Waals surface area contributed by atoms with Gasteiger partial charge in [-0.3, -0.25) is 9.78 Å². The molecule has 1 atom stereocenters. The van der Waals surface area contributed by atoms with Crippen LogP contribution in [-0.4, -0.2) is 44.7 Å². The highest BCUT2D eigenvalue weighted by Crippen LogP contribution is 2.27. The number of amides is 1. The maximum atomic E-state index is 12.9. The zero-order valence-electron chi connectivity index (χ0n) is 14.9. The fraction of sp³-hybridized carbons (Fsp3) is 0.278. The first-order chi connectivity index (χ1) is 13.7. The molecule has 3 aromatic rings. The molecule has 0 radical (unpaired) electrons. The lowest BCUT2D eigenvalue weighted by atomic mass is 10.2. The van der Waals surface area contributed by atoms with Crippen LogP contribution in [0.25, 0.3) is 5.65 Å². The fourth-order valence-corrected chi connectivity index (χ4v) is 3.06. The number of pyridine rings is 1. The van der Waals surface area contributed by atoms with Crippen LogP contribution in [0.15, 0.2) is 30.9 Å². The summed E-state index contributed by atoms with van der Waals surface area (Å²) >= 11 is 0. The second-order valence-electron chi connectivity index (χ2n) is 6.38. The van der Waals surface area contributed by atoms with Crippen LogP contribution in [0.2, 0.25) is 0 Å². The number of aromatic nitrogens is 4. The van der Waals surface area contributed by atoms with Crippen molar-refractivity contribution in [2.24, 2.45) is 0 Å². The second kappa shape index (κ2) is 7.50. The number of fused-ring (bicyclic) bond motifs is 1. The maximum Gasteiger partial charge on any atom is 0.263 e. The molecule has 28 heavy (non-hydrogen) atoms. The lowest BCUT2D eigenvalue weighted by Gasteiger charge is -2.16. The number of ether oxygens (including phenoxy) is 1. The summed E-state index contributed by atoms with van der Waals surface area (Å²) < 4.78 is 7.37. The van der Waals surface area contributed by atoms with E-state index in [2.05, 4.69) is 25.7 Å². The summed E-state index contributed by atoms with van der Waals surface area (Å²) in [6.45, 7) is 1.65. The number of rotatable bonds is 5. The molecule has 4 N–H and O–H groups in total. The number of carbonyl (C=O) groups excluding carboxylic acids is 1. The Hall–Kier alpha value is -3.71. The van der Waals surface area contributed by atoms with Gasteiger partial charge in [0.15, 0.2) is 11.5 Å². The van der Waals surface area contributed by atoms with Crippen LogP contribution in [-0.2, 0) is 6.42 Å². The van der Waals surface area contributed by atoms with Gasteiger partial charge in [-0.15, -0.1) is 5.10 Å². The number of anilines is 2. The minimum atomic E-state index is -0.463. The molecule has 0 saturated carbocycles. The number of hydrogen-bond donors (Lipinski definition) is 3. The van der Waals surface area contributed by atoms with Crippen LogP contribution in [0.1, 0.15) is 22.3 Å². The van der Waals surface area contributed by atoms with Gasteiger partial charge in [-0.25, -0.2) is 9.50 Å². The normalized spacial score (nSPS) is 16.0. The number of carbonyl (C=O) groups is 1. The van der Waals surface area contributed by atoms with E-state index in [1.165, 1.54) is 16.9 Å². The van der Waals surface area contributed by atoms with Crippen molar-refractivity contribution >= 4 is 23.1 Å². The third-order valence-electron chi connectivity index (χ3n) is 4.40. The maximum absolute atomic E-state index is 12.9. The fourth-order valence-electron chi connectivity index (χ4n) is 3.06. The van der Waals surface area contributed by atoms with Crippen molar-refractivity contribution in [1.29, 1.82) is 5.26 Å². The number of hydrogen-bond acceptors (Lipinski definition) is 8. The van der Waals surface area contributed by atoms with E-state index in [1.54, 1.807) is 18.5 Å². The van der Waals surface area contributed by atoms with Crippen LogP contribution in [0.4, 0.5) is 11.5 Å². The molecule has 3 aromatic heterocycles. The molecular formula is C18H18N8O2. The molecular weight excluding hydrogens is 360 g/mol. The highest BCUT2D eigenvalue weighted by Gasteiger charge is 2.22. The van der Waals surface area contributed by atoms with Gasteiger partial charge in [0, 0.05) is 36.8 Å². The summed E-state index contributed by atoms with van der Waals surface area (Å²) in [5, 5.41) is 19.0. The van der Waals surface area contributed by atoms with E-state index in [0.29, 0.717) is 22.6 Å². The lowest BCUT2D eigenvalue weighted by Crippen LogP contribution is -2.21. The van der Waals surface area contributed by atoms with E-state index < -0.39 is 5.91 Å². The van der Waals surface area contributed by atoms with Crippen molar-refractivity contribution in [2.75, 3.05) is 24.1 Å². The Morgan fingerprint density at radius 1 is 1.50 bits per heavy atom. The predicted octanol–water partition coefficient (Wildman–Crippen LogP) is 0.766. The first-order valence-electron chi connectivity index (χ1n) is 8.78. The average Bonchev–Trinajstić information content (AvgIpc) is 3.30. The molecule has 1 unspecified atom stereocenters. The van der Waals surface area contributed by atoms with Crippen molar-refractivity contribution in [1.82, 2.24) is 24.9 Å².